The Morgan fingerprint density at radius 2 is 2.04 bits per heavy atom. The lowest BCUT2D eigenvalue weighted by Gasteiger charge is -2.06. The Bertz CT molecular complexity index is 844. The van der Waals surface area contributed by atoms with Crippen LogP contribution in [0.3, 0.4) is 0 Å². The molecule has 1 atom stereocenters. The minimum absolute atomic E-state index is 0.0583. The van der Waals surface area contributed by atoms with Gasteiger partial charge < -0.3 is 5.32 Å². The number of nitrogens with zero attached hydrogens (tertiary/aromatic N) is 1. The summed E-state index contributed by atoms with van der Waals surface area (Å²) in [4.78, 5) is 17.4. The van der Waals surface area contributed by atoms with Crippen molar-refractivity contribution < 1.29 is 17.6 Å². The van der Waals surface area contributed by atoms with E-state index in [-0.39, 0.29) is 23.2 Å². The van der Waals surface area contributed by atoms with Crippen molar-refractivity contribution in [3.8, 4) is 11.3 Å². The molecule has 122 valence electrons. The van der Waals surface area contributed by atoms with Gasteiger partial charge in [0.15, 0.2) is 15.0 Å². The lowest BCUT2D eigenvalue weighted by atomic mass is 10.1. The molecule has 1 aliphatic rings. The first-order valence-electron chi connectivity index (χ1n) is 7.09. The molecule has 1 saturated heterocycles. The Morgan fingerprint density at radius 3 is 2.65 bits per heavy atom. The number of aryl methyl sites for hydroxylation is 1. The van der Waals surface area contributed by atoms with Crippen molar-refractivity contribution >= 4 is 32.2 Å². The van der Waals surface area contributed by atoms with Crippen LogP contribution in [0.2, 0.25) is 0 Å². The van der Waals surface area contributed by atoms with Gasteiger partial charge in [-0.15, -0.1) is 11.3 Å². The SMILES string of the molecule is Cc1sc(NC(=O)[C@@H]2CCS(=O)(=O)C2)nc1-c1ccc(F)cc1. The number of halogens is 1. The number of carbonyl (C=O) groups excluding carboxylic acids is 1. The molecule has 0 radical (unpaired) electrons. The van der Waals surface area contributed by atoms with Crippen LogP contribution in [-0.2, 0) is 14.6 Å². The molecule has 8 heteroatoms. The highest BCUT2D eigenvalue weighted by Crippen LogP contribution is 2.31. The average Bonchev–Trinajstić information content (AvgIpc) is 3.02. The van der Waals surface area contributed by atoms with Crippen molar-refractivity contribution in [2.24, 2.45) is 5.92 Å². The van der Waals surface area contributed by atoms with E-state index in [1.54, 1.807) is 12.1 Å². The number of amides is 1. The number of thiazole rings is 1. The second kappa shape index (κ2) is 6.01. The van der Waals surface area contributed by atoms with Gasteiger partial charge in [-0.1, -0.05) is 0 Å². The molecule has 23 heavy (non-hydrogen) atoms. The normalized spacial score (nSPS) is 19.7. The van der Waals surface area contributed by atoms with E-state index in [1.165, 1.54) is 23.5 Å². The van der Waals surface area contributed by atoms with Gasteiger partial charge in [-0.25, -0.2) is 17.8 Å². The molecule has 1 aromatic heterocycles. The minimum atomic E-state index is -3.10. The van der Waals surface area contributed by atoms with Gasteiger partial charge in [0, 0.05) is 10.4 Å². The molecule has 2 aromatic rings. The van der Waals surface area contributed by atoms with Crippen LogP contribution in [0.25, 0.3) is 11.3 Å². The van der Waals surface area contributed by atoms with E-state index in [2.05, 4.69) is 10.3 Å². The first kappa shape index (κ1) is 16.1. The standard InChI is InChI=1S/C15H15FN2O3S2/c1-9-13(10-2-4-12(16)5-3-10)17-15(22-9)18-14(19)11-6-7-23(20,21)8-11/h2-5,11H,6-8H2,1H3,(H,17,18,19)/t11-/m1/s1. The van der Waals surface area contributed by atoms with E-state index in [0.717, 1.165) is 10.4 Å². The number of aromatic nitrogens is 1. The molecule has 0 unspecified atom stereocenters. The molecule has 5 nitrogen and oxygen atoms in total. The van der Waals surface area contributed by atoms with Gasteiger partial charge in [0.2, 0.25) is 5.91 Å². The van der Waals surface area contributed by atoms with Crippen molar-refractivity contribution in [2.75, 3.05) is 16.8 Å². The fraction of sp³-hybridized carbons (Fsp3) is 0.333. The van der Waals surface area contributed by atoms with Crippen molar-refractivity contribution in [1.82, 2.24) is 4.98 Å². The maximum Gasteiger partial charge on any atom is 0.230 e. The number of hydrogen-bond donors (Lipinski definition) is 1. The number of carbonyl (C=O) groups is 1. The summed E-state index contributed by atoms with van der Waals surface area (Å²) < 4.78 is 35.9. The highest BCUT2D eigenvalue weighted by Gasteiger charge is 2.33. The number of sulfone groups is 1. The van der Waals surface area contributed by atoms with Crippen LogP contribution in [0.4, 0.5) is 9.52 Å². The number of benzene rings is 1. The summed E-state index contributed by atoms with van der Waals surface area (Å²) in [5, 5.41) is 3.12. The highest BCUT2D eigenvalue weighted by atomic mass is 32.2. The molecule has 0 bridgehead atoms. The first-order chi connectivity index (χ1) is 10.8. The van der Waals surface area contributed by atoms with Gasteiger partial charge in [0.25, 0.3) is 0 Å². The quantitative estimate of drug-likeness (QED) is 0.919. The van der Waals surface area contributed by atoms with Gasteiger partial charge >= 0.3 is 0 Å². The van der Waals surface area contributed by atoms with Crippen LogP contribution in [0.15, 0.2) is 24.3 Å². The van der Waals surface area contributed by atoms with Crippen molar-refractivity contribution in [2.45, 2.75) is 13.3 Å². The third-order valence-electron chi connectivity index (χ3n) is 3.75. The summed E-state index contributed by atoms with van der Waals surface area (Å²) >= 11 is 1.31. The molecule has 1 fully saturated rings. The minimum Gasteiger partial charge on any atom is -0.302 e. The van der Waals surface area contributed by atoms with E-state index in [9.17, 15) is 17.6 Å². The summed E-state index contributed by atoms with van der Waals surface area (Å²) in [6.45, 7) is 1.87. The predicted molar refractivity (Wildman–Crippen MR) is 87.6 cm³/mol. The van der Waals surface area contributed by atoms with Gasteiger partial charge in [-0.2, -0.15) is 0 Å². The molecule has 1 aliphatic heterocycles. The van der Waals surface area contributed by atoms with Crippen molar-refractivity contribution in [3.05, 3.63) is 35.0 Å². The smallest absolute Gasteiger partial charge is 0.230 e. The Balaban J connectivity index is 1.76. The van der Waals surface area contributed by atoms with Crippen LogP contribution < -0.4 is 5.32 Å². The van der Waals surface area contributed by atoms with Gasteiger partial charge in [-0.05, 0) is 37.6 Å². The van der Waals surface area contributed by atoms with Crippen LogP contribution >= 0.6 is 11.3 Å². The van der Waals surface area contributed by atoms with Gasteiger partial charge in [0.05, 0.1) is 23.1 Å². The Hall–Kier alpha value is -1.80. The molecule has 0 saturated carbocycles. The molecule has 0 aliphatic carbocycles. The fourth-order valence-corrected chi connectivity index (χ4v) is 5.11. The number of nitrogens with one attached hydrogen (secondary N) is 1. The number of hydrogen-bond acceptors (Lipinski definition) is 5. The lowest BCUT2D eigenvalue weighted by molar-refractivity contribution is -0.119. The average molecular weight is 354 g/mol. The molecule has 2 heterocycles. The van der Waals surface area contributed by atoms with E-state index < -0.39 is 15.8 Å². The molecule has 1 N–H and O–H groups in total. The number of rotatable bonds is 3. The molecule has 3 rings (SSSR count). The van der Waals surface area contributed by atoms with E-state index in [0.29, 0.717) is 17.2 Å². The maximum absolute atomic E-state index is 13.0. The predicted octanol–water partition coefficient (Wildman–Crippen LogP) is 2.63. The summed E-state index contributed by atoms with van der Waals surface area (Å²) in [5.74, 6) is -1.20. The third kappa shape index (κ3) is 3.59. The largest absolute Gasteiger partial charge is 0.302 e. The maximum atomic E-state index is 13.0. The van der Waals surface area contributed by atoms with Crippen LogP contribution in [-0.4, -0.2) is 30.8 Å². The monoisotopic (exact) mass is 354 g/mol. The van der Waals surface area contributed by atoms with E-state index in [4.69, 9.17) is 0 Å². The Morgan fingerprint density at radius 1 is 1.35 bits per heavy atom. The van der Waals surface area contributed by atoms with Crippen LogP contribution in [0.1, 0.15) is 11.3 Å². The lowest BCUT2D eigenvalue weighted by Crippen LogP contribution is -2.23. The summed E-state index contributed by atoms with van der Waals surface area (Å²) in [7, 11) is -3.10. The van der Waals surface area contributed by atoms with E-state index in [1.807, 2.05) is 6.92 Å². The zero-order valence-electron chi connectivity index (χ0n) is 12.4. The zero-order chi connectivity index (χ0) is 16.6. The third-order valence-corrected chi connectivity index (χ3v) is 6.40. The Labute approximate surface area is 137 Å². The van der Waals surface area contributed by atoms with Crippen molar-refractivity contribution in [3.63, 3.8) is 0 Å². The zero-order valence-corrected chi connectivity index (χ0v) is 14.0. The number of anilines is 1. The first-order valence-corrected chi connectivity index (χ1v) is 9.72. The second-order valence-electron chi connectivity index (χ2n) is 5.52. The van der Waals surface area contributed by atoms with Gasteiger partial charge in [-0.3, -0.25) is 4.79 Å². The summed E-state index contributed by atoms with van der Waals surface area (Å²) in [5.41, 5.74) is 1.45. The summed E-state index contributed by atoms with van der Waals surface area (Å²) in [6, 6.07) is 5.98. The van der Waals surface area contributed by atoms with Gasteiger partial charge in [0.1, 0.15) is 5.82 Å². The molecule has 1 amide bonds. The topological polar surface area (TPSA) is 76.1 Å². The fourth-order valence-electron chi connectivity index (χ4n) is 2.53. The molecule has 1 aromatic carbocycles. The van der Waals surface area contributed by atoms with Crippen molar-refractivity contribution in [1.29, 1.82) is 0 Å². The van der Waals surface area contributed by atoms with E-state index >= 15 is 0 Å². The van der Waals surface area contributed by atoms with Crippen LogP contribution in [0, 0.1) is 18.7 Å². The molecule has 0 spiro atoms. The second-order valence-corrected chi connectivity index (χ2v) is 8.95. The molecular formula is C15H15FN2O3S2. The molecular weight excluding hydrogens is 339 g/mol. The highest BCUT2D eigenvalue weighted by molar-refractivity contribution is 7.91. The Kier molecular flexibility index (Phi) is 4.20. The van der Waals surface area contributed by atoms with Crippen LogP contribution in [0.5, 0.6) is 0 Å². The summed E-state index contributed by atoms with van der Waals surface area (Å²) in [6.07, 6.45) is 0.351.